The zero-order valence-electron chi connectivity index (χ0n) is 9.33. The van der Waals surface area contributed by atoms with Gasteiger partial charge in [-0.05, 0) is 24.5 Å². The molecule has 0 amide bonds. The molecule has 1 aromatic heterocycles. The quantitative estimate of drug-likeness (QED) is 0.847. The predicted octanol–water partition coefficient (Wildman–Crippen LogP) is 1.25. The maximum absolute atomic E-state index is 10.6. The lowest BCUT2D eigenvalue weighted by molar-refractivity contribution is -0.137. The van der Waals surface area contributed by atoms with Crippen LogP contribution in [0.1, 0.15) is 18.5 Å². The molecule has 1 aliphatic rings. The zero-order valence-corrected chi connectivity index (χ0v) is 9.33. The zero-order chi connectivity index (χ0) is 12.3. The highest BCUT2D eigenvalue weighted by molar-refractivity contribution is 5.67. The third-order valence-electron chi connectivity index (χ3n) is 2.97. The van der Waals surface area contributed by atoms with Crippen LogP contribution in [0.2, 0.25) is 0 Å². The van der Waals surface area contributed by atoms with Gasteiger partial charge < -0.3 is 10.0 Å². The molecule has 1 N–H and O–H groups in total. The summed E-state index contributed by atoms with van der Waals surface area (Å²) in [4.78, 5) is 16.6. The van der Waals surface area contributed by atoms with Gasteiger partial charge in [0.15, 0.2) is 0 Å². The minimum atomic E-state index is -0.746. The Kier molecular flexibility index (Phi) is 3.24. The summed E-state index contributed by atoms with van der Waals surface area (Å²) in [5.41, 5.74) is 1.34. The van der Waals surface area contributed by atoms with Gasteiger partial charge in [0.25, 0.3) is 0 Å². The summed E-state index contributed by atoms with van der Waals surface area (Å²) in [5, 5.41) is 17.5. The number of hydrogen-bond acceptors (Lipinski definition) is 4. The molecule has 0 aliphatic carbocycles. The SMILES string of the molecule is N#Cc1cc(N2CCC(CC(=O)O)C2)ccn1. The first-order chi connectivity index (χ1) is 8.19. The average molecular weight is 231 g/mol. The Morgan fingerprint density at radius 2 is 2.53 bits per heavy atom. The topological polar surface area (TPSA) is 77.2 Å². The summed E-state index contributed by atoms with van der Waals surface area (Å²) in [5.74, 6) is -0.546. The van der Waals surface area contributed by atoms with Gasteiger partial charge in [0, 0.05) is 31.4 Å². The van der Waals surface area contributed by atoms with Gasteiger partial charge in [0.1, 0.15) is 11.8 Å². The molecular formula is C12H13N3O2. The number of carbonyl (C=O) groups is 1. The number of pyridine rings is 1. The van der Waals surface area contributed by atoms with Crippen LogP contribution in [0.4, 0.5) is 5.69 Å². The molecule has 0 aromatic carbocycles. The fourth-order valence-electron chi connectivity index (χ4n) is 2.16. The normalized spacial score (nSPS) is 19.0. The number of nitrogens with zero attached hydrogens (tertiary/aromatic N) is 3. The number of rotatable bonds is 3. The molecule has 17 heavy (non-hydrogen) atoms. The van der Waals surface area contributed by atoms with Gasteiger partial charge >= 0.3 is 5.97 Å². The molecule has 0 bridgehead atoms. The van der Waals surface area contributed by atoms with E-state index in [4.69, 9.17) is 10.4 Å². The first kappa shape index (κ1) is 11.4. The highest BCUT2D eigenvalue weighted by atomic mass is 16.4. The molecule has 1 unspecified atom stereocenters. The fourth-order valence-corrected chi connectivity index (χ4v) is 2.16. The number of nitriles is 1. The van der Waals surface area contributed by atoms with Crippen LogP contribution in [0.25, 0.3) is 0 Å². The Balaban J connectivity index is 2.05. The Labute approximate surface area is 99.3 Å². The number of aromatic nitrogens is 1. The number of carboxylic acids is 1. The number of hydrogen-bond donors (Lipinski definition) is 1. The van der Waals surface area contributed by atoms with Gasteiger partial charge in [-0.1, -0.05) is 0 Å². The van der Waals surface area contributed by atoms with Gasteiger partial charge in [-0.3, -0.25) is 4.79 Å². The smallest absolute Gasteiger partial charge is 0.303 e. The Morgan fingerprint density at radius 3 is 3.24 bits per heavy atom. The summed E-state index contributed by atoms with van der Waals surface area (Å²) < 4.78 is 0. The maximum atomic E-state index is 10.6. The Bertz CT molecular complexity index is 467. The van der Waals surface area contributed by atoms with Crippen molar-refractivity contribution in [2.24, 2.45) is 5.92 Å². The molecule has 0 spiro atoms. The van der Waals surface area contributed by atoms with Gasteiger partial charge in [0.2, 0.25) is 0 Å². The van der Waals surface area contributed by atoms with E-state index in [1.807, 2.05) is 12.1 Å². The Hall–Kier alpha value is -2.09. The highest BCUT2D eigenvalue weighted by Gasteiger charge is 2.24. The van der Waals surface area contributed by atoms with Crippen molar-refractivity contribution in [3.63, 3.8) is 0 Å². The van der Waals surface area contributed by atoms with Gasteiger partial charge in [-0.25, -0.2) is 4.98 Å². The molecule has 5 heteroatoms. The summed E-state index contributed by atoms with van der Waals surface area (Å²) >= 11 is 0. The molecule has 1 fully saturated rings. The molecule has 88 valence electrons. The van der Waals surface area contributed by atoms with Crippen molar-refractivity contribution in [3.05, 3.63) is 24.0 Å². The first-order valence-corrected chi connectivity index (χ1v) is 5.52. The molecule has 1 atom stereocenters. The number of carboxylic acid groups (broad SMARTS) is 1. The molecule has 2 heterocycles. The van der Waals surface area contributed by atoms with Crippen LogP contribution in [-0.2, 0) is 4.79 Å². The van der Waals surface area contributed by atoms with E-state index < -0.39 is 5.97 Å². The van der Waals surface area contributed by atoms with Crippen molar-refractivity contribution >= 4 is 11.7 Å². The first-order valence-electron chi connectivity index (χ1n) is 5.52. The monoisotopic (exact) mass is 231 g/mol. The molecule has 0 saturated carbocycles. The molecule has 2 rings (SSSR count). The Morgan fingerprint density at radius 1 is 1.71 bits per heavy atom. The van der Waals surface area contributed by atoms with Gasteiger partial charge in [0.05, 0.1) is 0 Å². The number of aliphatic carboxylic acids is 1. The van der Waals surface area contributed by atoms with Crippen molar-refractivity contribution in [1.29, 1.82) is 5.26 Å². The van der Waals surface area contributed by atoms with Crippen LogP contribution >= 0.6 is 0 Å². The minimum Gasteiger partial charge on any atom is -0.481 e. The highest BCUT2D eigenvalue weighted by Crippen LogP contribution is 2.25. The van der Waals surface area contributed by atoms with Gasteiger partial charge in [-0.2, -0.15) is 5.26 Å². The molecule has 1 aromatic rings. The lowest BCUT2D eigenvalue weighted by Crippen LogP contribution is -2.20. The standard InChI is InChI=1S/C12H13N3O2/c13-7-10-6-11(1-3-14-10)15-4-2-9(8-15)5-12(16)17/h1,3,6,9H,2,4-5,8H2,(H,16,17). The maximum Gasteiger partial charge on any atom is 0.303 e. The van der Waals surface area contributed by atoms with Crippen LogP contribution in [0.5, 0.6) is 0 Å². The lowest BCUT2D eigenvalue weighted by Gasteiger charge is -2.18. The summed E-state index contributed by atoms with van der Waals surface area (Å²) in [7, 11) is 0. The van der Waals surface area contributed by atoms with Crippen molar-refractivity contribution in [3.8, 4) is 6.07 Å². The van der Waals surface area contributed by atoms with E-state index in [0.29, 0.717) is 5.69 Å². The van der Waals surface area contributed by atoms with E-state index >= 15 is 0 Å². The third-order valence-corrected chi connectivity index (χ3v) is 2.97. The largest absolute Gasteiger partial charge is 0.481 e. The van der Waals surface area contributed by atoms with E-state index in [1.165, 1.54) is 0 Å². The second-order valence-electron chi connectivity index (χ2n) is 4.21. The van der Waals surface area contributed by atoms with Crippen molar-refractivity contribution in [1.82, 2.24) is 4.98 Å². The second-order valence-corrected chi connectivity index (χ2v) is 4.21. The number of anilines is 1. The van der Waals surface area contributed by atoms with E-state index in [-0.39, 0.29) is 12.3 Å². The predicted molar refractivity (Wildman–Crippen MR) is 61.5 cm³/mol. The van der Waals surface area contributed by atoms with E-state index in [9.17, 15) is 4.79 Å². The van der Waals surface area contributed by atoms with Crippen LogP contribution in [0.15, 0.2) is 18.3 Å². The second kappa shape index (κ2) is 4.83. The molecular weight excluding hydrogens is 218 g/mol. The summed E-state index contributed by atoms with van der Waals surface area (Å²) in [6.45, 7) is 1.58. The summed E-state index contributed by atoms with van der Waals surface area (Å²) in [6, 6.07) is 5.59. The molecule has 1 saturated heterocycles. The fraction of sp³-hybridized carbons (Fsp3) is 0.417. The third kappa shape index (κ3) is 2.72. The molecule has 1 aliphatic heterocycles. The van der Waals surface area contributed by atoms with Crippen LogP contribution in [0.3, 0.4) is 0 Å². The van der Waals surface area contributed by atoms with Crippen molar-refractivity contribution in [2.45, 2.75) is 12.8 Å². The van der Waals surface area contributed by atoms with Crippen LogP contribution in [-0.4, -0.2) is 29.1 Å². The lowest BCUT2D eigenvalue weighted by atomic mass is 10.1. The van der Waals surface area contributed by atoms with Crippen molar-refractivity contribution in [2.75, 3.05) is 18.0 Å². The van der Waals surface area contributed by atoms with E-state index in [2.05, 4.69) is 9.88 Å². The summed E-state index contributed by atoms with van der Waals surface area (Å²) in [6.07, 6.45) is 2.71. The van der Waals surface area contributed by atoms with Crippen molar-refractivity contribution < 1.29 is 9.90 Å². The van der Waals surface area contributed by atoms with Crippen LogP contribution in [0, 0.1) is 17.2 Å². The van der Waals surface area contributed by atoms with E-state index in [0.717, 1.165) is 25.2 Å². The average Bonchev–Trinajstić information content (AvgIpc) is 2.77. The van der Waals surface area contributed by atoms with Gasteiger partial charge in [-0.15, -0.1) is 0 Å². The van der Waals surface area contributed by atoms with E-state index in [1.54, 1.807) is 12.3 Å². The molecule has 5 nitrogen and oxygen atoms in total. The minimum absolute atomic E-state index is 0.200. The molecule has 0 radical (unpaired) electrons. The van der Waals surface area contributed by atoms with Crippen LogP contribution < -0.4 is 4.90 Å².